The molecule has 3 aromatic carbocycles. The van der Waals surface area contributed by atoms with E-state index < -0.39 is 0 Å². The molecule has 5 aromatic rings. The van der Waals surface area contributed by atoms with Crippen molar-refractivity contribution in [2.45, 2.75) is 57.1 Å². The lowest BCUT2D eigenvalue weighted by molar-refractivity contribution is -0.138. The highest BCUT2D eigenvalue weighted by Gasteiger charge is 2.36. The van der Waals surface area contributed by atoms with Gasteiger partial charge in [0.05, 0.1) is 17.6 Å². The van der Waals surface area contributed by atoms with Crippen LogP contribution in [0.2, 0.25) is 0 Å². The molecule has 3 saturated heterocycles. The number of benzene rings is 3. The highest BCUT2D eigenvalue weighted by atomic mass is 16.5. The second-order valence-corrected chi connectivity index (χ2v) is 15.3. The largest absolute Gasteiger partial charge is 0.484 e. The highest BCUT2D eigenvalue weighted by Crippen LogP contribution is 2.36. The summed E-state index contributed by atoms with van der Waals surface area (Å²) in [7, 11) is 0. The van der Waals surface area contributed by atoms with Gasteiger partial charge >= 0.3 is 0 Å². The Morgan fingerprint density at radius 2 is 1.80 bits per heavy atom. The number of anilines is 3. The molecule has 12 nitrogen and oxygen atoms in total. The summed E-state index contributed by atoms with van der Waals surface area (Å²) in [6.07, 6.45) is 7.19. The number of rotatable bonds is 9. The predicted octanol–water partition coefficient (Wildman–Crippen LogP) is 6.35. The molecule has 2 amide bonds. The Morgan fingerprint density at radius 3 is 2.59 bits per heavy atom. The first-order valence-corrected chi connectivity index (χ1v) is 19.6. The summed E-state index contributed by atoms with van der Waals surface area (Å²) < 4.78 is 11.8. The van der Waals surface area contributed by atoms with Gasteiger partial charge in [-0.2, -0.15) is 0 Å². The van der Waals surface area contributed by atoms with Gasteiger partial charge in [-0.15, -0.1) is 0 Å². The Balaban J connectivity index is 0.737. The first-order chi connectivity index (χ1) is 27.3. The van der Waals surface area contributed by atoms with E-state index in [9.17, 15) is 9.59 Å². The molecule has 12 heteroatoms. The van der Waals surface area contributed by atoms with E-state index in [0.717, 1.165) is 95.8 Å². The summed E-state index contributed by atoms with van der Waals surface area (Å²) in [6, 6.07) is 22.9. The first-order valence-electron chi connectivity index (χ1n) is 19.6. The van der Waals surface area contributed by atoms with E-state index >= 15 is 0 Å². The van der Waals surface area contributed by atoms with E-state index in [1.54, 1.807) is 0 Å². The zero-order valence-corrected chi connectivity index (χ0v) is 31.6. The van der Waals surface area contributed by atoms with Crippen molar-refractivity contribution in [2.24, 2.45) is 0 Å². The zero-order chi connectivity index (χ0) is 38.2. The Hall–Kier alpha value is -6.01. The van der Waals surface area contributed by atoms with Crippen LogP contribution in [-0.4, -0.2) is 88.0 Å². The van der Waals surface area contributed by atoms with Crippen LogP contribution in [0.1, 0.15) is 48.3 Å². The lowest BCUT2D eigenvalue weighted by atomic mass is 9.88. The highest BCUT2D eigenvalue weighted by molar-refractivity contribution is 5.87. The molecule has 56 heavy (non-hydrogen) atoms. The third-order valence-electron chi connectivity index (χ3n) is 11.6. The van der Waals surface area contributed by atoms with Crippen molar-refractivity contribution >= 4 is 40.0 Å². The van der Waals surface area contributed by atoms with Crippen LogP contribution < -0.4 is 25.4 Å². The van der Waals surface area contributed by atoms with Gasteiger partial charge in [-0.25, -0.2) is 15.0 Å². The van der Waals surface area contributed by atoms with Crippen molar-refractivity contribution < 1.29 is 19.1 Å². The van der Waals surface area contributed by atoms with Crippen molar-refractivity contribution in [1.82, 2.24) is 30.1 Å². The summed E-state index contributed by atoms with van der Waals surface area (Å²) >= 11 is 0. The maximum Gasteiger partial charge on any atom is 0.237 e. The second kappa shape index (κ2) is 15.3. The molecule has 2 aromatic heterocycles. The molecular weight excluding hydrogens is 705 g/mol. The number of hydrogen-bond donors (Lipinski definition) is 3. The molecule has 0 saturated carbocycles. The molecule has 3 fully saturated rings. The van der Waals surface area contributed by atoms with E-state index in [1.807, 2.05) is 59.8 Å². The van der Waals surface area contributed by atoms with E-state index in [2.05, 4.69) is 68.6 Å². The van der Waals surface area contributed by atoms with Crippen molar-refractivity contribution in [1.29, 1.82) is 0 Å². The fraction of sp³-hybridized carbons (Fsp3) is 0.341. The van der Waals surface area contributed by atoms with Crippen molar-refractivity contribution in [2.75, 3.05) is 50.0 Å². The normalized spacial score (nSPS) is 19.0. The van der Waals surface area contributed by atoms with Gasteiger partial charge in [0.15, 0.2) is 0 Å². The van der Waals surface area contributed by atoms with Gasteiger partial charge in [0.1, 0.15) is 24.1 Å². The minimum absolute atomic E-state index is 0.00260. The molecule has 286 valence electrons. The van der Waals surface area contributed by atoms with Crippen molar-refractivity contribution in [3.8, 4) is 22.8 Å². The lowest BCUT2D eigenvalue weighted by Gasteiger charge is -2.47. The fourth-order valence-electron chi connectivity index (χ4n) is 8.24. The average molecular weight is 751 g/mol. The van der Waals surface area contributed by atoms with Gasteiger partial charge in [0.2, 0.25) is 23.6 Å². The number of piperidine rings is 2. The van der Waals surface area contributed by atoms with Gasteiger partial charge in [0.25, 0.3) is 0 Å². The molecule has 9 rings (SSSR count). The molecular formula is C44H46N8O4. The molecule has 0 radical (unpaired) electrons. The number of aromatic nitrogens is 3. The van der Waals surface area contributed by atoms with Gasteiger partial charge < -0.3 is 30.3 Å². The minimum atomic E-state index is -0.185. The Morgan fingerprint density at radius 1 is 1.00 bits per heavy atom. The molecule has 4 aliphatic rings. The molecule has 0 spiro atoms. The zero-order valence-electron chi connectivity index (χ0n) is 31.6. The number of amides is 2. The minimum Gasteiger partial charge on any atom is -0.484 e. The Kier molecular flexibility index (Phi) is 9.72. The number of hydrogen-bond acceptors (Lipinski definition) is 10. The van der Waals surface area contributed by atoms with Crippen molar-refractivity contribution in [3.05, 3.63) is 108 Å². The fourth-order valence-corrected chi connectivity index (χ4v) is 8.24. The molecule has 4 aliphatic heterocycles. The number of likely N-dealkylation sites (tertiary alicyclic amines) is 2. The maximum absolute atomic E-state index is 13.2. The summed E-state index contributed by atoms with van der Waals surface area (Å²) in [4.78, 5) is 43.2. The SMILES string of the molecule is C=C1NC(=O)CCC1Oc1ccc(C2CCN(C3CN(C(=O)Cc4ccc(Nc5ncc6ccc(-c7cnc8c(c7C)NCCO8)cc6n5)cc4)C3)CC2)cc1. The lowest BCUT2D eigenvalue weighted by Crippen LogP contribution is -2.62. The monoisotopic (exact) mass is 750 g/mol. The standard InChI is InChI=1S/C44H46N8O4/c1-27-37(24-46-43-42(27)45-17-20-55-43)32-5-6-33-23-47-44(50-38(33)22-32)49-34-9-3-29(4-10-34)21-41(54)52-25-35(26-52)51-18-15-31(16-19-51)30-7-11-36(12-8-30)56-39-13-14-40(53)48-28(39)2/h3-12,22-24,31,35,39,45H,2,13-21,25-26H2,1H3,(H,48,53)(H,47,49,50). The van der Waals surface area contributed by atoms with Gasteiger partial charge in [-0.3, -0.25) is 14.5 Å². The maximum atomic E-state index is 13.2. The molecule has 6 heterocycles. The third kappa shape index (κ3) is 7.48. The first kappa shape index (κ1) is 35.7. The van der Waals surface area contributed by atoms with Crippen LogP contribution >= 0.6 is 0 Å². The number of pyridine rings is 1. The Bertz CT molecular complexity index is 2280. The van der Waals surface area contributed by atoms with E-state index in [4.69, 9.17) is 14.5 Å². The van der Waals surface area contributed by atoms with Crippen LogP contribution in [0.3, 0.4) is 0 Å². The van der Waals surface area contributed by atoms with Crippen LogP contribution in [0.25, 0.3) is 22.0 Å². The van der Waals surface area contributed by atoms with E-state index in [-0.39, 0.29) is 17.9 Å². The smallest absolute Gasteiger partial charge is 0.237 e. The van der Waals surface area contributed by atoms with Crippen LogP contribution in [-0.2, 0) is 16.0 Å². The Labute approximate surface area is 326 Å². The van der Waals surface area contributed by atoms with Gasteiger partial charge in [-0.05, 0) is 97.8 Å². The number of nitrogens with one attached hydrogen (secondary N) is 3. The van der Waals surface area contributed by atoms with Gasteiger partial charge in [0, 0.05) is 61.1 Å². The van der Waals surface area contributed by atoms with Crippen LogP contribution in [0, 0.1) is 6.92 Å². The molecule has 0 aliphatic carbocycles. The van der Waals surface area contributed by atoms with Crippen molar-refractivity contribution in [3.63, 3.8) is 0 Å². The second-order valence-electron chi connectivity index (χ2n) is 15.3. The number of fused-ring (bicyclic) bond motifs is 2. The topological polar surface area (TPSA) is 134 Å². The third-order valence-corrected chi connectivity index (χ3v) is 11.6. The summed E-state index contributed by atoms with van der Waals surface area (Å²) in [6.45, 7) is 11.0. The molecule has 0 bridgehead atoms. The van der Waals surface area contributed by atoms with E-state index in [1.165, 1.54) is 5.56 Å². The quantitative estimate of drug-likeness (QED) is 0.157. The number of nitrogens with zero attached hydrogens (tertiary/aromatic N) is 5. The van der Waals surface area contributed by atoms with Gasteiger partial charge in [-0.1, -0.05) is 43.0 Å². The summed E-state index contributed by atoms with van der Waals surface area (Å²) in [5, 5.41) is 10.5. The van der Waals surface area contributed by atoms with Crippen LogP contribution in [0.4, 0.5) is 17.3 Å². The molecule has 3 N–H and O–H groups in total. The van der Waals surface area contributed by atoms with Crippen LogP contribution in [0.5, 0.6) is 11.6 Å². The predicted molar refractivity (Wildman–Crippen MR) is 216 cm³/mol. The molecule has 1 atom stereocenters. The van der Waals surface area contributed by atoms with Crippen LogP contribution in [0.15, 0.2) is 91.4 Å². The number of carbonyl (C=O) groups is 2. The van der Waals surface area contributed by atoms with E-state index in [0.29, 0.717) is 55.4 Å². The number of carbonyl (C=O) groups excluding carboxylic acids is 2. The summed E-state index contributed by atoms with van der Waals surface area (Å²) in [5.41, 5.74) is 8.73. The average Bonchev–Trinajstić information content (AvgIpc) is 3.20. The molecule has 1 unspecified atom stereocenters. The summed E-state index contributed by atoms with van der Waals surface area (Å²) in [5.74, 6) is 2.64. The number of ether oxygens (including phenoxy) is 2.